The van der Waals surface area contributed by atoms with Gasteiger partial charge < -0.3 is 5.11 Å². The van der Waals surface area contributed by atoms with Crippen LogP contribution >= 0.6 is 0 Å². The van der Waals surface area contributed by atoms with Crippen LogP contribution in [0, 0.1) is 12.3 Å². The molecule has 26 heavy (non-hydrogen) atoms. The molecule has 4 rings (SSSR count). The molecule has 1 N–H and O–H groups in total. The monoisotopic (exact) mass is 369 g/mol. The normalized spacial score (nSPS) is 22.8. The molecule has 0 amide bonds. The fraction of sp³-hybridized carbons (Fsp3) is 0.333. The van der Waals surface area contributed by atoms with Gasteiger partial charge in [0, 0.05) is 12.0 Å². The summed E-state index contributed by atoms with van der Waals surface area (Å²) in [6.07, 6.45) is 4.89. The van der Waals surface area contributed by atoms with Crippen molar-refractivity contribution in [1.82, 2.24) is 0 Å². The van der Waals surface area contributed by atoms with Crippen molar-refractivity contribution in [2.24, 2.45) is 5.41 Å². The van der Waals surface area contributed by atoms with Gasteiger partial charge in [0.1, 0.15) is 0 Å². The van der Waals surface area contributed by atoms with Crippen molar-refractivity contribution in [1.29, 1.82) is 0 Å². The molecule has 2 aromatic rings. The minimum Gasteiger partial charge on any atom is -0.512 e. The summed E-state index contributed by atoms with van der Waals surface area (Å²) in [5, 5.41) is 10.5. The van der Waals surface area contributed by atoms with E-state index in [-0.39, 0.29) is 5.41 Å². The van der Waals surface area contributed by atoms with Crippen LogP contribution in [0.5, 0.6) is 0 Å². The molecular formula is C21H23NO3S. The zero-order valence-electron chi connectivity index (χ0n) is 14.9. The van der Waals surface area contributed by atoms with E-state index in [1.165, 1.54) is 4.31 Å². The number of fused-ring (bicyclic) bond motifs is 1. The number of hydrogen-bond donors (Lipinski definition) is 1. The van der Waals surface area contributed by atoms with Crippen LogP contribution in [0.25, 0.3) is 0 Å². The Bertz CT molecular complexity index is 963. The number of benzene rings is 2. The summed E-state index contributed by atoms with van der Waals surface area (Å²) in [6, 6.07) is 14.6. The third kappa shape index (κ3) is 2.71. The minimum atomic E-state index is -3.65. The lowest BCUT2D eigenvalue weighted by molar-refractivity contribution is 0.214. The predicted octanol–water partition coefficient (Wildman–Crippen LogP) is 4.36. The van der Waals surface area contributed by atoms with E-state index < -0.39 is 10.0 Å². The summed E-state index contributed by atoms with van der Waals surface area (Å²) in [5.41, 5.74) is 2.39. The zero-order valence-corrected chi connectivity index (χ0v) is 15.7. The number of nitrogens with zero attached hydrogens (tertiary/aromatic N) is 1. The Labute approximate surface area is 154 Å². The molecule has 0 bridgehead atoms. The van der Waals surface area contributed by atoms with Crippen LogP contribution < -0.4 is 4.31 Å². The Morgan fingerprint density at radius 3 is 2.46 bits per heavy atom. The summed E-state index contributed by atoms with van der Waals surface area (Å²) < 4.78 is 28.2. The average molecular weight is 369 g/mol. The van der Waals surface area contributed by atoms with Crippen molar-refractivity contribution in [3.05, 3.63) is 71.5 Å². The van der Waals surface area contributed by atoms with Crippen LogP contribution in [0.15, 0.2) is 65.3 Å². The molecule has 1 aliphatic heterocycles. The molecule has 0 radical (unpaired) electrons. The molecule has 1 spiro atoms. The summed E-state index contributed by atoms with van der Waals surface area (Å²) in [4.78, 5) is 0.306. The Balaban J connectivity index is 1.80. The summed E-state index contributed by atoms with van der Waals surface area (Å²) >= 11 is 0. The highest BCUT2D eigenvalue weighted by Gasteiger charge is 2.42. The fourth-order valence-electron chi connectivity index (χ4n) is 4.14. The molecule has 2 aromatic carbocycles. The first-order valence-corrected chi connectivity index (χ1v) is 10.4. The van der Waals surface area contributed by atoms with Gasteiger partial charge in [-0.05, 0) is 62.4 Å². The first-order chi connectivity index (χ1) is 12.4. The number of sulfonamides is 1. The standard InChI is InChI=1S/C21H23NO3S/c1-16-8-10-18(11-9-16)26(24,25)22-14-13-21(12-4-7-20(21)23)15-17-5-2-3-6-19(17)22/h2-3,5-11,23H,4,12-15H2,1H3. The minimum absolute atomic E-state index is 0.306. The molecule has 1 atom stereocenters. The largest absolute Gasteiger partial charge is 0.512 e. The first kappa shape index (κ1) is 17.2. The van der Waals surface area contributed by atoms with E-state index in [2.05, 4.69) is 0 Å². The van der Waals surface area contributed by atoms with Gasteiger partial charge in [-0.2, -0.15) is 0 Å². The molecule has 1 heterocycles. The van der Waals surface area contributed by atoms with Crippen molar-refractivity contribution in [2.45, 2.75) is 37.5 Å². The number of para-hydroxylation sites is 1. The Morgan fingerprint density at radius 1 is 1.04 bits per heavy atom. The molecule has 4 nitrogen and oxygen atoms in total. The number of aliphatic hydroxyl groups excluding tert-OH is 1. The maximum absolute atomic E-state index is 13.3. The maximum Gasteiger partial charge on any atom is 0.264 e. The second-order valence-electron chi connectivity index (χ2n) is 7.35. The highest BCUT2D eigenvalue weighted by atomic mass is 32.2. The molecule has 136 valence electrons. The van der Waals surface area contributed by atoms with Crippen LogP contribution in [-0.4, -0.2) is 20.1 Å². The first-order valence-electron chi connectivity index (χ1n) is 8.99. The summed E-state index contributed by atoms with van der Waals surface area (Å²) in [6.45, 7) is 2.31. The second-order valence-corrected chi connectivity index (χ2v) is 9.22. The van der Waals surface area contributed by atoms with Crippen LogP contribution in [0.1, 0.15) is 30.4 Å². The Kier molecular flexibility index (Phi) is 4.07. The van der Waals surface area contributed by atoms with E-state index in [1.807, 2.05) is 49.4 Å². The van der Waals surface area contributed by atoms with Gasteiger partial charge in [-0.15, -0.1) is 0 Å². The van der Waals surface area contributed by atoms with Crippen molar-refractivity contribution in [2.75, 3.05) is 10.8 Å². The molecule has 0 aromatic heterocycles. The number of allylic oxidation sites excluding steroid dienone is 2. The molecule has 1 unspecified atom stereocenters. The topological polar surface area (TPSA) is 57.6 Å². The molecular weight excluding hydrogens is 346 g/mol. The quantitative estimate of drug-likeness (QED) is 0.856. The van der Waals surface area contributed by atoms with E-state index in [4.69, 9.17) is 0 Å². The van der Waals surface area contributed by atoms with Gasteiger partial charge >= 0.3 is 0 Å². The highest BCUT2D eigenvalue weighted by molar-refractivity contribution is 7.92. The number of rotatable bonds is 2. The third-order valence-corrected chi connectivity index (χ3v) is 7.52. The second kappa shape index (κ2) is 6.16. The van der Waals surface area contributed by atoms with Gasteiger partial charge in [-0.25, -0.2) is 8.42 Å². The number of anilines is 1. The Hall–Kier alpha value is -2.27. The van der Waals surface area contributed by atoms with Gasteiger partial charge in [-0.3, -0.25) is 4.31 Å². The molecule has 0 saturated heterocycles. The lowest BCUT2D eigenvalue weighted by Crippen LogP contribution is -2.33. The SMILES string of the molecule is Cc1ccc(S(=O)(=O)N2CCC3(CCC=C3O)Cc3ccccc32)cc1. The van der Waals surface area contributed by atoms with Gasteiger partial charge in [0.15, 0.2) is 0 Å². The van der Waals surface area contributed by atoms with Crippen LogP contribution in [0.4, 0.5) is 5.69 Å². The predicted molar refractivity (Wildman–Crippen MR) is 103 cm³/mol. The molecule has 0 fully saturated rings. The van der Waals surface area contributed by atoms with Gasteiger partial charge in [0.25, 0.3) is 10.0 Å². The summed E-state index contributed by atoms with van der Waals surface area (Å²) in [5.74, 6) is 0.418. The van der Waals surface area contributed by atoms with E-state index in [0.717, 1.165) is 29.7 Å². The van der Waals surface area contributed by atoms with E-state index >= 15 is 0 Å². The lowest BCUT2D eigenvalue weighted by Gasteiger charge is -2.28. The molecule has 2 aliphatic rings. The van der Waals surface area contributed by atoms with E-state index in [0.29, 0.717) is 30.0 Å². The van der Waals surface area contributed by atoms with Gasteiger partial charge in [-0.1, -0.05) is 35.9 Å². The van der Waals surface area contributed by atoms with E-state index in [1.54, 1.807) is 12.1 Å². The lowest BCUT2D eigenvalue weighted by atomic mass is 9.77. The number of aryl methyl sites for hydroxylation is 1. The fourth-order valence-corrected chi connectivity index (χ4v) is 5.64. The van der Waals surface area contributed by atoms with Crippen molar-refractivity contribution in [3.63, 3.8) is 0 Å². The molecule has 1 aliphatic carbocycles. The van der Waals surface area contributed by atoms with Gasteiger partial charge in [0.05, 0.1) is 16.3 Å². The maximum atomic E-state index is 13.3. The number of aliphatic hydroxyl groups is 1. The van der Waals surface area contributed by atoms with Crippen molar-refractivity contribution in [3.8, 4) is 0 Å². The average Bonchev–Trinajstić information content (AvgIpc) is 2.87. The van der Waals surface area contributed by atoms with Gasteiger partial charge in [0.2, 0.25) is 0 Å². The number of hydrogen-bond acceptors (Lipinski definition) is 3. The highest BCUT2D eigenvalue weighted by Crippen LogP contribution is 2.47. The summed E-state index contributed by atoms with van der Waals surface area (Å²) in [7, 11) is -3.65. The molecule has 0 saturated carbocycles. The smallest absolute Gasteiger partial charge is 0.264 e. The van der Waals surface area contributed by atoms with Crippen molar-refractivity contribution < 1.29 is 13.5 Å². The zero-order chi connectivity index (χ0) is 18.4. The van der Waals surface area contributed by atoms with E-state index in [9.17, 15) is 13.5 Å². The van der Waals surface area contributed by atoms with Crippen LogP contribution in [-0.2, 0) is 16.4 Å². The van der Waals surface area contributed by atoms with Crippen molar-refractivity contribution >= 4 is 15.7 Å². The van der Waals surface area contributed by atoms with Crippen LogP contribution in [0.3, 0.4) is 0 Å². The third-order valence-electron chi connectivity index (χ3n) is 5.70. The van der Waals surface area contributed by atoms with Crippen LogP contribution in [0.2, 0.25) is 0 Å². The Morgan fingerprint density at radius 2 is 1.77 bits per heavy atom. The molecule has 5 heteroatoms.